The van der Waals surface area contributed by atoms with Gasteiger partial charge in [0.05, 0.1) is 4.92 Å². The van der Waals surface area contributed by atoms with Crippen molar-refractivity contribution in [3.8, 4) is 11.1 Å². The molecule has 4 nitrogen and oxygen atoms in total. The monoisotopic (exact) mass is 670 g/mol. The minimum absolute atomic E-state index is 0.506. The number of anilines is 1. The first-order valence-electron chi connectivity index (χ1n) is 19.6. The molecule has 0 saturated heterocycles. The second-order valence-electron chi connectivity index (χ2n) is 13.8. The Morgan fingerprint density at radius 2 is 0.939 bits per heavy atom. The van der Waals surface area contributed by atoms with Gasteiger partial charge in [-0.05, 0) is 59.4 Å². The highest BCUT2D eigenvalue weighted by Gasteiger charge is 2.13. The van der Waals surface area contributed by atoms with E-state index in [2.05, 4.69) is 55.1 Å². The van der Waals surface area contributed by atoms with Crippen molar-refractivity contribution in [2.75, 3.05) is 18.0 Å². The Kier molecular flexibility index (Phi) is 20.1. The molecule has 3 rings (SSSR count). The van der Waals surface area contributed by atoms with E-state index in [1.165, 1.54) is 152 Å². The summed E-state index contributed by atoms with van der Waals surface area (Å²) in [5, 5.41) is 10.9. The van der Waals surface area contributed by atoms with Crippen LogP contribution < -0.4 is 4.90 Å². The Balaban J connectivity index is 1.51. The second kappa shape index (κ2) is 24.6. The fourth-order valence-electron chi connectivity index (χ4n) is 6.57. The van der Waals surface area contributed by atoms with Gasteiger partial charge in [-0.1, -0.05) is 178 Å². The topological polar surface area (TPSA) is 46.4 Å². The maximum absolute atomic E-state index is 14.0. The van der Waals surface area contributed by atoms with Gasteiger partial charge in [0, 0.05) is 24.8 Å². The number of hydrogen-bond donors (Lipinski definition) is 0. The summed E-state index contributed by atoms with van der Waals surface area (Å²) in [6.45, 7) is 6.83. The zero-order valence-corrected chi connectivity index (χ0v) is 30.7. The van der Waals surface area contributed by atoms with E-state index in [1.807, 2.05) is 18.2 Å². The molecule has 0 atom stereocenters. The highest BCUT2D eigenvalue weighted by Crippen LogP contribution is 2.26. The van der Waals surface area contributed by atoms with Crippen LogP contribution >= 0.6 is 0 Å². The number of halogens is 1. The maximum Gasteiger partial charge on any atom is 0.304 e. The predicted molar refractivity (Wildman–Crippen MR) is 210 cm³/mol. The minimum Gasteiger partial charge on any atom is -0.372 e. The molecule has 0 amide bonds. The first-order chi connectivity index (χ1) is 24.0. The van der Waals surface area contributed by atoms with E-state index in [0.717, 1.165) is 24.2 Å². The standard InChI is InChI=1S/C44H63FN2O2/c1-3-5-7-9-11-13-15-17-19-21-35-46(36-22-20-18-16-14-12-10-8-6-4-2)42-32-30-41(31-33-42)40-28-25-38(26-29-40)23-24-39-27-34-44(47(48)49)43(45)37-39/h23-34,37H,3-22,35-36H2,1-2H3. The van der Waals surface area contributed by atoms with Gasteiger partial charge in [-0.2, -0.15) is 4.39 Å². The third-order valence-electron chi connectivity index (χ3n) is 9.68. The molecule has 0 spiro atoms. The van der Waals surface area contributed by atoms with Crippen molar-refractivity contribution in [1.82, 2.24) is 0 Å². The summed E-state index contributed by atoms with van der Waals surface area (Å²) in [4.78, 5) is 12.8. The normalized spacial score (nSPS) is 11.4. The smallest absolute Gasteiger partial charge is 0.304 e. The number of benzene rings is 3. The van der Waals surface area contributed by atoms with E-state index >= 15 is 0 Å². The Morgan fingerprint density at radius 1 is 0.551 bits per heavy atom. The fraction of sp³-hybridized carbons (Fsp3) is 0.545. The molecule has 5 heteroatoms. The molecular formula is C44H63FN2O2. The Labute approximate surface area is 297 Å². The van der Waals surface area contributed by atoms with Gasteiger partial charge >= 0.3 is 5.69 Å². The van der Waals surface area contributed by atoms with Crippen LogP contribution in [0.5, 0.6) is 0 Å². The summed E-state index contributed by atoms with van der Waals surface area (Å²) in [6, 6.07) is 21.3. The molecule has 3 aromatic carbocycles. The van der Waals surface area contributed by atoms with E-state index < -0.39 is 16.4 Å². The summed E-state index contributed by atoms with van der Waals surface area (Å²) in [5.74, 6) is -0.823. The molecule has 0 saturated carbocycles. The number of hydrogen-bond acceptors (Lipinski definition) is 3. The van der Waals surface area contributed by atoms with Crippen LogP contribution in [0.15, 0.2) is 66.7 Å². The third-order valence-corrected chi connectivity index (χ3v) is 9.68. The molecular weight excluding hydrogens is 607 g/mol. The van der Waals surface area contributed by atoms with E-state index in [-0.39, 0.29) is 0 Å². The molecule has 0 bridgehead atoms. The number of nitro groups is 1. The van der Waals surface area contributed by atoms with Crippen molar-refractivity contribution in [3.63, 3.8) is 0 Å². The average Bonchev–Trinajstić information content (AvgIpc) is 3.11. The summed E-state index contributed by atoms with van der Waals surface area (Å²) in [7, 11) is 0. The molecule has 0 radical (unpaired) electrons. The van der Waals surface area contributed by atoms with Crippen LogP contribution in [0.3, 0.4) is 0 Å². The molecule has 0 fully saturated rings. The van der Waals surface area contributed by atoms with Gasteiger partial charge in [-0.3, -0.25) is 10.1 Å². The zero-order chi connectivity index (χ0) is 34.9. The lowest BCUT2D eigenvalue weighted by atomic mass is 10.0. The summed E-state index contributed by atoms with van der Waals surface area (Å²) < 4.78 is 14.0. The van der Waals surface area contributed by atoms with E-state index in [0.29, 0.717) is 5.56 Å². The molecule has 0 heterocycles. The Hall–Kier alpha value is -3.47. The van der Waals surface area contributed by atoms with E-state index in [4.69, 9.17) is 0 Å². The maximum atomic E-state index is 14.0. The lowest BCUT2D eigenvalue weighted by Crippen LogP contribution is -2.25. The molecule has 0 unspecified atom stereocenters. The molecule has 0 N–H and O–H groups in total. The van der Waals surface area contributed by atoms with Crippen LogP contribution in [0.25, 0.3) is 23.3 Å². The van der Waals surface area contributed by atoms with Gasteiger partial charge < -0.3 is 4.90 Å². The number of unbranched alkanes of at least 4 members (excludes halogenated alkanes) is 18. The van der Waals surface area contributed by atoms with Crippen LogP contribution in [-0.4, -0.2) is 18.0 Å². The molecule has 0 aromatic heterocycles. The summed E-state index contributed by atoms with van der Waals surface area (Å²) in [5.41, 5.74) is 4.73. The quantitative estimate of drug-likeness (QED) is 0.0351. The number of rotatable bonds is 27. The molecule has 268 valence electrons. The minimum atomic E-state index is -0.823. The van der Waals surface area contributed by atoms with Gasteiger partial charge in [-0.25, -0.2) is 0 Å². The molecule has 49 heavy (non-hydrogen) atoms. The molecule has 0 aliphatic rings. The average molecular weight is 671 g/mol. The van der Waals surface area contributed by atoms with Crippen molar-refractivity contribution in [3.05, 3.63) is 93.8 Å². The van der Waals surface area contributed by atoms with Crippen molar-refractivity contribution in [2.45, 2.75) is 142 Å². The van der Waals surface area contributed by atoms with Crippen molar-refractivity contribution >= 4 is 23.5 Å². The highest BCUT2D eigenvalue weighted by molar-refractivity contribution is 5.73. The number of nitro benzene ring substituents is 1. The predicted octanol–water partition coefficient (Wildman–Crippen LogP) is 14.2. The van der Waals surface area contributed by atoms with E-state index in [1.54, 1.807) is 12.1 Å². The Bertz CT molecular complexity index is 1310. The van der Waals surface area contributed by atoms with Crippen molar-refractivity contribution in [2.24, 2.45) is 0 Å². The molecule has 3 aromatic rings. The second-order valence-corrected chi connectivity index (χ2v) is 13.8. The van der Waals surface area contributed by atoms with Crippen molar-refractivity contribution < 1.29 is 9.31 Å². The van der Waals surface area contributed by atoms with Gasteiger partial charge in [0.1, 0.15) is 0 Å². The highest BCUT2D eigenvalue weighted by atomic mass is 19.1. The third kappa shape index (κ3) is 16.2. The summed E-state index contributed by atoms with van der Waals surface area (Å²) in [6.07, 6.45) is 30.9. The van der Waals surface area contributed by atoms with Crippen LogP contribution in [0, 0.1) is 15.9 Å². The van der Waals surface area contributed by atoms with E-state index in [9.17, 15) is 14.5 Å². The van der Waals surface area contributed by atoms with Gasteiger partial charge in [0.2, 0.25) is 5.82 Å². The van der Waals surface area contributed by atoms with Crippen LogP contribution in [0.1, 0.15) is 153 Å². The largest absolute Gasteiger partial charge is 0.372 e. The SMILES string of the molecule is CCCCCCCCCCCCN(CCCCCCCCCCCC)c1ccc(-c2ccc(C=Cc3ccc([N+](=O)[O-])c(F)c3)cc2)cc1. The first kappa shape index (κ1) is 40.0. The van der Waals surface area contributed by atoms with Crippen molar-refractivity contribution in [1.29, 1.82) is 0 Å². The lowest BCUT2D eigenvalue weighted by molar-refractivity contribution is -0.387. The van der Waals surface area contributed by atoms with Gasteiger partial charge in [0.25, 0.3) is 0 Å². The zero-order valence-electron chi connectivity index (χ0n) is 30.7. The first-order valence-corrected chi connectivity index (χ1v) is 19.6. The van der Waals surface area contributed by atoms with Crippen LogP contribution in [-0.2, 0) is 0 Å². The summed E-state index contributed by atoms with van der Waals surface area (Å²) >= 11 is 0. The van der Waals surface area contributed by atoms with Gasteiger partial charge in [0.15, 0.2) is 0 Å². The lowest BCUT2D eigenvalue weighted by Gasteiger charge is -2.25. The van der Waals surface area contributed by atoms with Crippen LogP contribution in [0.4, 0.5) is 15.8 Å². The Morgan fingerprint density at radius 3 is 1.37 bits per heavy atom. The van der Waals surface area contributed by atoms with Crippen LogP contribution in [0.2, 0.25) is 0 Å². The molecule has 0 aliphatic heterocycles. The fourth-order valence-corrected chi connectivity index (χ4v) is 6.57. The molecule has 0 aliphatic carbocycles. The van der Waals surface area contributed by atoms with Gasteiger partial charge in [-0.15, -0.1) is 0 Å². The number of nitrogens with zero attached hydrogens (tertiary/aromatic N) is 2.